The molecule has 1 aromatic heterocycles. The Bertz CT molecular complexity index is 1050. The van der Waals surface area contributed by atoms with Gasteiger partial charge in [-0.3, -0.25) is 14.4 Å². The number of nitrogens with zero attached hydrogens (tertiary/aromatic N) is 5. The van der Waals surface area contributed by atoms with E-state index in [1.165, 1.54) is 24.0 Å². The molecule has 0 atom stereocenters. The summed E-state index contributed by atoms with van der Waals surface area (Å²) in [6.45, 7) is 9.45. The second-order valence-electron chi connectivity index (χ2n) is 8.83. The monoisotopic (exact) mass is 445 g/mol. The molecule has 0 spiro atoms. The molecule has 1 aliphatic heterocycles. The molecule has 5 nitrogen and oxygen atoms in total. The van der Waals surface area contributed by atoms with Gasteiger partial charge in [0.15, 0.2) is 4.77 Å². The van der Waals surface area contributed by atoms with Crippen LogP contribution in [0.5, 0.6) is 0 Å². The molecule has 3 aromatic rings. The van der Waals surface area contributed by atoms with Crippen LogP contribution in [0.15, 0.2) is 73.3 Å². The summed E-state index contributed by atoms with van der Waals surface area (Å²) in [5.41, 5.74) is 2.71. The zero-order chi connectivity index (χ0) is 21.9. The van der Waals surface area contributed by atoms with Gasteiger partial charge in [-0.05, 0) is 36.2 Å². The third kappa shape index (κ3) is 4.49. The molecule has 32 heavy (non-hydrogen) atoms. The molecule has 0 unspecified atom stereocenters. The molecule has 2 fully saturated rings. The highest BCUT2D eigenvalue weighted by molar-refractivity contribution is 7.71. The fraction of sp³-hybridized carbons (Fsp3) is 0.385. The fourth-order valence-electron chi connectivity index (χ4n) is 4.73. The maximum absolute atomic E-state index is 5.76. The van der Waals surface area contributed by atoms with Gasteiger partial charge in [-0.1, -0.05) is 66.7 Å². The van der Waals surface area contributed by atoms with Crippen molar-refractivity contribution in [2.24, 2.45) is 0 Å². The maximum atomic E-state index is 5.76. The lowest BCUT2D eigenvalue weighted by atomic mass is 9.96. The van der Waals surface area contributed by atoms with Gasteiger partial charge in [0.2, 0.25) is 0 Å². The fourth-order valence-corrected chi connectivity index (χ4v) is 5.00. The van der Waals surface area contributed by atoms with Crippen LogP contribution < -0.4 is 0 Å². The van der Waals surface area contributed by atoms with Crippen LogP contribution in [0.2, 0.25) is 0 Å². The second kappa shape index (κ2) is 9.53. The van der Waals surface area contributed by atoms with Gasteiger partial charge in [0.1, 0.15) is 5.82 Å². The minimum Gasteiger partial charge on any atom is -0.300 e. The summed E-state index contributed by atoms with van der Waals surface area (Å²) in [6, 6.07) is 22.0. The Morgan fingerprint density at radius 1 is 0.938 bits per heavy atom. The SMILES string of the molecule is C=CCn1c(C2CC2)nn(CN2CCN(C(c3ccccc3)c3ccccc3)CC2)c1=S. The van der Waals surface area contributed by atoms with Crippen molar-refractivity contribution in [2.75, 3.05) is 26.2 Å². The Balaban J connectivity index is 1.30. The lowest BCUT2D eigenvalue weighted by Gasteiger charge is -2.39. The van der Waals surface area contributed by atoms with E-state index in [9.17, 15) is 0 Å². The number of aromatic nitrogens is 3. The molecule has 2 aliphatic rings. The Labute approximate surface area is 195 Å². The minimum absolute atomic E-state index is 0.287. The summed E-state index contributed by atoms with van der Waals surface area (Å²) in [7, 11) is 0. The predicted molar refractivity (Wildman–Crippen MR) is 131 cm³/mol. The molecule has 166 valence electrons. The first-order valence-electron chi connectivity index (χ1n) is 11.6. The molecular formula is C26H31N5S. The first-order valence-corrected chi connectivity index (χ1v) is 12.0. The van der Waals surface area contributed by atoms with Crippen LogP contribution in [0.3, 0.4) is 0 Å². The molecule has 1 saturated heterocycles. The molecular weight excluding hydrogens is 414 g/mol. The van der Waals surface area contributed by atoms with Crippen LogP contribution in [0.4, 0.5) is 0 Å². The van der Waals surface area contributed by atoms with E-state index in [4.69, 9.17) is 17.3 Å². The average Bonchev–Trinajstić information content (AvgIpc) is 3.64. The van der Waals surface area contributed by atoms with Crippen LogP contribution in [0, 0.1) is 4.77 Å². The number of piperazine rings is 1. The standard InChI is InChI=1S/C26H31N5S/c1-2-15-30-25(23-13-14-23)27-31(26(30)32)20-28-16-18-29(19-17-28)24(21-9-5-3-6-10-21)22-11-7-4-8-12-22/h2-12,23-24H,1,13-20H2. The average molecular weight is 446 g/mol. The smallest absolute Gasteiger partial charge is 0.199 e. The van der Waals surface area contributed by atoms with Gasteiger partial charge in [-0.2, -0.15) is 5.10 Å². The molecule has 6 heteroatoms. The molecule has 1 aliphatic carbocycles. The van der Waals surface area contributed by atoms with E-state index in [1.54, 1.807) is 0 Å². The summed E-state index contributed by atoms with van der Waals surface area (Å²) in [6.07, 6.45) is 4.36. The van der Waals surface area contributed by atoms with Gasteiger partial charge in [0, 0.05) is 38.6 Å². The van der Waals surface area contributed by atoms with Crippen molar-refractivity contribution in [2.45, 2.75) is 38.0 Å². The van der Waals surface area contributed by atoms with E-state index >= 15 is 0 Å². The lowest BCUT2D eigenvalue weighted by Crippen LogP contribution is -2.48. The van der Waals surface area contributed by atoms with Crippen molar-refractivity contribution >= 4 is 12.2 Å². The Hall–Kier alpha value is -2.54. The van der Waals surface area contributed by atoms with Crippen LogP contribution in [0.1, 0.15) is 41.8 Å². The molecule has 0 amide bonds. The molecule has 0 N–H and O–H groups in total. The summed E-state index contributed by atoms with van der Waals surface area (Å²) < 4.78 is 5.01. The van der Waals surface area contributed by atoms with Gasteiger partial charge < -0.3 is 0 Å². The second-order valence-corrected chi connectivity index (χ2v) is 9.20. The number of allylic oxidation sites excluding steroid dienone is 1. The first-order chi connectivity index (χ1) is 15.7. The summed E-state index contributed by atoms with van der Waals surface area (Å²) in [5.74, 6) is 1.72. The van der Waals surface area contributed by atoms with Gasteiger partial charge >= 0.3 is 0 Å². The number of rotatable bonds is 8. The summed E-state index contributed by atoms with van der Waals surface area (Å²) in [5, 5.41) is 4.91. The van der Waals surface area contributed by atoms with Crippen LogP contribution in [-0.4, -0.2) is 50.3 Å². The number of hydrogen-bond donors (Lipinski definition) is 0. The van der Waals surface area contributed by atoms with E-state index < -0.39 is 0 Å². The van der Waals surface area contributed by atoms with E-state index in [1.807, 2.05) is 10.8 Å². The van der Waals surface area contributed by atoms with Crippen molar-refractivity contribution in [3.05, 3.63) is 95.0 Å². The first kappa shape index (κ1) is 21.3. The summed E-state index contributed by atoms with van der Waals surface area (Å²) in [4.78, 5) is 5.08. The van der Waals surface area contributed by atoms with Crippen molar-refractivity contribution < 1.29 is 0 Å². The zero-order valence-corrected chi connectivity index (χ0v) is 19.3. The predicted octanol–water partition coefficient (Wildman–Crippen LogP) is 4.84. The van der Waals surface area contributed by atoms with Crippen LogP contribution in [0.25, 0.3) is 0 Å². The highest BCUT2D eigenvalue weighted by Crippen LogP contribution is 2.39. The van der Waals surface area contributed by atoms with Crippen molar-refractivity contribution in [3.63, 3.8) is 0 Å². The van der Waals surface area contributed by atoms with Crippen LogP contribution >= 0.6 is 12.2 Å². The van der Waals surface area contributed by atoms with Gasteiger partial charge in [0.25, 0.3) is 0 Å². The molecule has 2 heterocycles. The third-order valence-corrected chi connectivity index (χ3v) is 6.97. The minimum atomic E-state index is 0.287. The molecule has 2 aromatic carbocycles. The van der Waals surface area contributed by atoms with E-state index in [0.717, 1.165) is 50.0 Å². The van der Waals surface area contributed by atoms with Gasteiger partial charge in [0.05, 0.1) is 12.7 Å². The topological polar surface area (TPSA) is 29.2 Å². The molecule has 0 radical (unpaired) electrons. The van der Waals surface area contributed by atoms with E-state index in [0.29, 0.717) is 5.92 Å². The van der Waals surface area contributed by atoms with E-state index in [2.05, 4.69) is 81.6 Å². The Kier molecular flexibility index (Phi) is 6.35. The van der Waals surface area contributed by atoms with Crippen molar-refractivity contribution in [3.8, 4) is 0 Å². The molecule has 5 rings (SSSR count). The lowest BCUT2D eigenvalue weighted by molar-refractivity contribution is 0.0842. The van der Waals surface area contributed by atoms with Crippen molar-refractivity contribution in [1.82, 2.24) is 24.1 Å². The molecule has 1 saturated carbocycles. The molecule has 0 bridgehead atoms. The zero-order valence-electron chi connectivity index (χ0n) is 18.5. The largest absolute Gasteiger partial charge is 0.300 e. The third-order valence-electron chi connectivity index (χ3n) is 6.54. The highest BCUT2D eigenvalue weighted by atomic mass is 32.1. The number of hydrogen-bond acceptors (Lipinski definition) is 4. The van der Waals surface area contributed by atoms with E-state index in [-0.39, 0.29) is 6.04 Å². The maximum Gasteiger partial charge on any atom is 0.199 e. The van der Waals surface area contributed by atoms with Crippen LogP contribution in [-0.2, 0) is 13.2 Å². The Morgan fingerprint density at radius 3 is 2.06 bits per heavy atom. The highest BCUT2D eigenvalue weighted by Gasteiger charge is 2.31. The van der Waals surface area contributed by atoms with Gasteiger partial charge in [-0.15, -0.1) is 6.58 Å². The number of benzene rings is 2. The normalized spacial score (nSPS) is 17.7. The Morgan fingerprint density at radius 2 is 1.53 bits per heavy atom. The van der Waals surface area contributed by atoms with Gasteiger partial charge in [-0.25, -0.2) is 4.68 Å². The quantitative estimate of drug-likeness (QED) is 0.366. The summed E-state index contributed by atoms with van der Waals surface area (Å²) >= 11 is 5.76. The van der Waals surface area contributed by atoms with Crippen molar-refractivity contribution in [1.29, 1.82) is 0 Å².